The molecule has 1 aliphatic heterocycles. The van der Waals surface area contributed by atoms with Gasteiger partial charge in [-0.2, -0.15) is 0 Å². The van der Waals surface area contributed by atoms with Crippen molar-refractivity contribution in [2.24, 2.45) is 0 Å². The number of nitrogens with zero attached hydrogens (tertiary/aromatic N) is 1. The lowest BCUT2D eigenvalue weighted by atomic mass is 10.1. The number of barbiturate groups is 1. The predicted octanol–water partition coefficient (Wildman–Crippen LogP) is 4.41. The Morgan fingerprint density at radius 2 is 1.76 bits per heavy atom. The first-order chi connectivity index (χ1) is 13.9. The van der Waals surface area contributed by atoms with Crippen LogP contribution in [0.2, 0.25) is 5.02 Å². The number of hydrogen-bond acceptors (Lipinski definition) is 4. The van der Waals surface area contributed by atoms with Crippen LogP contribution in [0.25, 0.3) is 17.4 Å². The second-order valence-corrected chi connectivity index (χ2v) is 6.58. The average Bonchev–Trinajstić information content (AvgIpc) is 3.15. The summed E-state index contributed by atoms with van der Waals surface area (Å²) in [6.45, 7) is 0. The topological polar surface area (TPSA) is 79.6 Å². The molecule has 2 aromatic carbocycles. The Hall–Kier alpha value is -3.71. The maximum atomic E-state index is 13.4. The van der Waals surface area contributed by atoms with Crippen molar-refractivity contribution in [1.82, 2.24) is 5.32 Å². The average molecular weight is 411 g/mol. The molecule has 2 heterocycles. The fourth-order valence-electron chi connectivity index (χ4n) is 2.85. The van der Waals surface area contributed by atoms with Gasteiger partial charge in [0, 0.05) is 10.6 Å². The first-order valence-corrected chi connectivity index (χ1v) is 8.83. The van der Waals surface area contributed by atoms with Gasteiger partial charge in [-0.25, -0.2) is 14.1 Å². The molecule has 3 aromatic rings. The standard InChI is InChI=1S/C21H12ClFN2O4/c22-13-4-6-15(7-5-13)25-20(27)17(19(26)24-21(25)28)11-16-8-9-18(29-16)12-2-1-3-14(23)10-12/h1-11H,(H,24,26,28)/b17-11+. The van der Waals surface area contributed by atoms with E-state index in [1.807, 2.05) is 0 Å². The van der Waals surface area contributed by atoms with Crippen LogP contribution in [0.3, 0.4) is 0 Å². The fourth-order valence-corrected chi connectivity index (χ4v) is 2.98. The maximum Gasteiger partial charge on any atom is 0.335 e. The summed E-state index contributed by atoms with van der Waals surface area (Å²) in [6.07, 6.45) is 1.23. The molecular formula is C21H12ClFN2O4. The molecule has 6 nitrogen and oxygen atoms in total. The lowest BCUT2D eigenvalue weighted by Crippen LogP contribution is -2.54. The molecule has 29 heavy (non-hydrogen) atoms. The number of furan rings is 1. The summed E-state index contributed by atoms with van der Waals surface area (Å²) in [6, 6.07) is 14.1. The number of halogens is 2. The van der Waals surface area contributed by atoms with Crippen LogP contribution in [-0.4, -0.2) is 17.8 Å². The van der Waals surface area contributed by atoms with Crippen molar-refractivity contribution in [3.05, 3.63) is 82.8 Å². The molecule has 0 radical (unpaired) electrons. The number of carbonyl (C=O) groups is 3. The molecule has 4 rings (SSSR count). The van der Waals surface area contributed by atoms with E-state index < -0.39 is 23.7 Å². The van der Waals surface area contributed by atoms with Crippen LogP contribution in [0.4, 0.5) is 14.9 Å². The molecular weight excluding hydrogens is 399 g/mol. The van der Waals surface area contributed by atoms with Gasteiger partial charge in [0.1, 0.15) is 22.9 Å². The second kappa shape index (κ2) is 7.37. The van der Waals surface area contributed by atoms with Gasteiger partial charge in [-0.1, -0.05) is 23.7 Å². The second-order valence-electron chi connectivity index (χ2n) is 6.15. The highest BCUT2D eigenvalue weighted by Crippen LogP contribution is 2.26. The van der Waals surface area contributed by atoms with Crippen LogP contribution < -0.4 is 10.2 Å². The van der Waals surface area contributed by atoms with Gasteiger partial charge < -0.3 is 4.42 Å². The molecule has 0 bridgehead atoms. The highest BCUT2D eigenvalue weighted by molar-refractivity contribution is 6.39. The smallest absolute Gasteiger partial charge is 0.335 e. The van der Waals surface area contributed by atoms with Gasteiger partial charge in [-0.05, 0) is 54.6 Å². The van der Waals surface area contributed by atoms with E-state index in [0.717, 1.165) is 4.90 Å². The Bertz CT molecular complexity index is 1170. The van der Waals surface area contributed by atoms with Crippen molar-refractivity contribution in [3.63, 3.8) is 0 Å². The van der Waals surface area contributed by atoms with Gasteiger partial charge in [0.25, 0.3) is 11.8 Å². The molecule has 0 aliphatic carbocycles. The van der Waals surface area contributed by atoms with Crippen LogP contribution in [0.5, 0.6) is 0 Å². The summed E-state index contributed by atoms with van der Waals surface area (Å²) in [5, 5.41) is 2.56. The molecule has 1 aliphatic rings. The molecule has 0 spiro atoms. The SMILES string of the molecule is O=C1NC(=O)N(c2ccc(Cl)cc2)C(=O)/C1=C/c1ccc(-c2cccc(F)c2)o1. The highest BCUT2D eigenvalue weighted by Gasteiger charge is 2.37. The van der Waals surface area contributed by atoms with E-state index in [4.69, 9.17) is 16.0 Å². The maximum absolute atomic E-state index is 13.4. The Morgan fingerprint density at radius 1 is 1.00 bits per heavy atom. The van der Waals surface area contributed by atoms with Crippen molar-refractivity contribution in [2.75, 3.05) is 4.90 Å². The number of anilines is 1. The molecule has 0 saturated carbocycles. The first-order valence-electron chi connectivity index (χ1n) is 8.45. The molecule has 1 fully saturated rings. The zero-order valence-corrected chi connectivity index (χ0v) is 15.4. The zero-order valence-electron chi connectivity index (χ0n) is 14.7. The summed E-state index contributed by atoms with van der Waals surface area (Å²) < 4.78 is 19.0. The van der Waals surface area contributed by atoms with Crippen LogP contribution in [0, 0.1) is 5.82 Å². The molecule has 144 valence electrons. The van der Waals surface area contributed by atoms with Gasteiger partial charge in [-0.3, -0.25) is 14.9 Å². The molecule has 0 atom stereocenters. The highest BCUT2D eigenvalue weighted by atomic mass is 35.5. The monoisotopic (exact) mass is 410 g/mol. The third kappa shape index (κ3) is 3.68. The van der Waals surface area contributed by atoms with E-state index in [9.17, 15) is 18.8 Å². The van der Waals surface area contributed by atoms with E-state index in [1.165, 1.54) is 48.5 Å². The minimum Gasteiger partial charge on any atom is -0.457 e. The van der Waals surface area contributed by atoms with Crippen molar-refractivity contribution in [2.45, 2.75) is 0 Å². The van der Waals surface area contributed by atoms with E-state index in [2.05, 4.69) is 5.32 Å². The summed E-state index contributed by atoms with van der Waals surface area (Å²) in [5.41, 5.74) is 0.488. The molecule has 8 heteroatoms. The zero-order chi connectivity index (χ0) is 20.5. The number of amides is 4. The van der Waals surface area contributed by atoms with Gasteiger partial charge in [-0.15, -0.1) is 0 Å². The Labute approximate surface area is 169 Å². The lowest BCUT2D eigenvalue weighted by Gasteiger charge is -2.26. The van der Waals surface area contributed by atoms with Gasteiger partial charge >= 0.3 is 6.03 Å². The summed E-state index contributed by atoms with van der Waals surface area (Å²) in [5.74, 6) is -1.49. The van der Waals surface area contributed by atoms with E-state index in [1.54, 1.807) is 18.2 Å². The molecule has 1 N–H and O–H groups in total. The Morgan fingerprint density at radius 3 is 2.48 bits per heavy atom. The summed E-state index contributed by atoms with van der Waals surface area (Å²) in [7, 11) is 0. The Kier molecular flexibility index (Phi) is 4.74. The minimum absolute atomic E-state index is 0.202. The third-order valence-electron chi connectivity index (χ3n) is 4.21. The number of benzene rings is 2. The number of rotatable bonds is 3. The number of nitrogens with one attached hydrogen (secondary N) is 1. The van der Waals surface area contributed by atoms with Crippen molar-refractivity contribution in [1.29, 1.82) is 0 Å². The number of urea groups is 1. The van der Waals surface area contributed by atoms with Gasteiger partial charge in [0.15, 0.2) is 0 Å². The van der Waals surface area contributed by atoms with Gasteiger partial charge in [0.05, 0.1) is 5.69 Å². The summed E-state index contributed by atoms with van der Waals surface area (Å²) >= 11 is 5.84. The molecule has 4 amide bonds. The molecule has 1 aromatic heterocycles. The largest absolute Gasteiger partial charge is 0.457 e. The number of hydrogen-bond donors (Lipinski definition) is 1. The minimum atomic E-state index is -0.862. The Balaban J connectivity index is 1.67. The fraction of sp³-hybridized carbons (Fsp3) is 0. The quantitative estimate of drug-likeness (QED) is 0.512. The van der Waals surface area contributed by atoms with Crippen molar-refractivity contribution in [3.8, 4) is 11.3 Å². The number of carbonyl (C=O) groups excluding carboxylic acids is 3. The van der Waals surface area contributed by atoms with E-state index >= 15 is 0 Å². The van der Waals surface area contributed by atoms with Gasteiger partial charge in [0.2, 0.25) is 0 Å². The van der Waals surface area contributed by atoms with Crippen LogP contribution in [0.1, 0.15) is 5.76 Å². The van der Waals surface area contributed by atoms with Crippen LogP contribution >= 0.6 is 11.6 Å². The number of imide groups is 2. The summed E-state index contributed by atoms with van der Waals surface area (Å²) in [4.78, 5) is 38.0. The normalized spacial score (nSPS) is 15.7. The van der Waals surface area contributed by atoms with Crippen molar-refractivity contribution >= 4 is 41.2 Å². The predicted molar refractivity (Wildman–Crippen MR) is 105 cm³/mol. The first kappa shape index (κ1) is 18.6. The molecule has 1 saturated heterocycles. The van der Waals surface area contributed by atoms with E-state index in [-0.39, 0.29) is 17.0 Å². The third-order valence-corrected chi connectivity index (χ3v) is 4.46. The van der Waals surface area contributed by atoms with Crippen LogP contribution in [-0.2, 0) is 9.59 Å². The van der Waals surface area contributed by atoms with Crippen molar-refractivity contribution < 1.29 is 23.2 Å². The van der Waals surface area contributed by atoms with E-state index in [0.29, 0.717) is 16.3 Å². The lowest BCUT2D eigenvalue weighted by molar-refractivity contribution is -0.122. The van der Waals surface area contributed by atoms with Crippen LogP contribution in [0.15, 0.2) is 70.7 Å². The molecule has 0 unspecified atom stereocenters.